The quantitative estimate of drug-likeness (QED) is 0.828. The largest absolute Gasteiger partial charge is 0.394 e. The maximum atomic E-state index is 9.58. The number of rotatable bonds is 5. The molecule has 1 fully saturated rings. The fourth-order valence-electron chi connectivity index (χ4n) is 1.84. The van der Waals surface area contributed by atoms with Crippen LogP contribution in [-0.4, -0.2) is 18.3 Å². The van der Waals surface area contributed by atoms with Crippen molar-refractivity contribution in [3.05, 3.63) is 34.9 Å². The van der Waals surface area contributed by atoms with E-state index in [0.29, 0.717) is 5.02 Å². The second-order valence-corrected chi connectivity index (χ2v) is 5.20. The number of halogens is 1. The highest BCUT2D eigenvalue weighted by atomic mass is 35.5. The molecule has 0 heterocycles. The van der Waals surface area contributed by atoms with Crippen LogP contribution in [0.1, 0.15) is 25.3 Å². The lowest BCUT2D eigenvalue weighted by molar-refractivity contribution is 0.174. The molecule has 16 heavy (non-hydrogen) atoms. The van der Waals surface area contributed by atoms with Gasteiger partial charge < -0.3 is 10.4 Å². The molecule has 1 aromatic carbocycles. The maximum absolute atomic E-state index is 9.58. The van der Waals surface area contributed by atoms with Gasteiger partial charge in [0.25, 0.3) is 0 Å². The zero-order chi connectivity index (χ0) is 11.6. The Kier molecular flexibility index (Phi) is 3.53. The molecular formula is C13H18ClNO. The minimum atomic E-state index is -0.430. The summed E-state index contributed by atoms with van der Waals surface area (Å²) in [6.45, 7) is 3.02. The first-order valence-electron chi connectivity index (χ1n) is 5.76. The Bertz CT molecular complexity index is 365. The van der Waals surface area contributed by atoms with E-state index < -0.39 is 5.54 Å². The Balaban J connectivity index is 2.15. The lowest BCUT2D eigenvalue weighted by Crippen LogP contribution is -2.44. The van der Waals surface area contributed by atoms with E-state index in [2.05, 4.69) is 5.32 Å². The third-order valence-electron chi connectivity index (χ3n) is 3.26. The molecule has 0 saturated heterocycles. The monoisotopic (exact) mass is 239 g/mol. The summed E-state index contributed by atoms with van der Waals surface area (Å²) in [5.41, 5.74) is 0.542. The molecule has 3 heteroatoms. The van der Waals surface area contributed by atoms with Gasteiger partial charge in [-0.25, -0.2) is 0 Å². The van der Waals surface area contributed by atoms with Crippen LogP contribution < -0.4 is 5.32 Å². The van der Waals surface area contributed by atoms with E-state index in [4.69, 9.17) is 11.6 Å². The maximum Gasteiger partial charge on any atom is 0.0655 e. The summed E-state index contributed by atoms with van der Waals surface area (Å²) in [5.74, 6) is 0.786. The topological polar surface area (TPSA) is 32.3 Å². The molecule has 2 N–H and O–H groups in total. The second-order valence-electron chi connectivity index (χ2n) is 4.79. The van der Waals surface area contributed by atoms with Gasteiger partial charge in [0.15, 0.2) is 0 Å². The predicted octanol–water partition coefficient (Wildman–Crippen LogP) is 2.55. The number of hydrogen-bond acceptors (Lipinski definition) is 2. The number of hydrogen-bond donors (Lipinski definition) is 2. The van der Waals surface area contributed by atoms with Gasteiger partial charge in [-0.15, -0.1) is 0 Å². The van der Waals surface area contributed by atoms with Gasteiger partial charge in [-0.2, -0.15) is 0 Å². The highest BCUT2D eigenvalue weighted by molar-refractivity contribution is 6.31. The van der Waals surface area contributed by atoms with Gasteiger partial charge in [0, 0.05) is 5.02 Å². The summed E-state index contributed by atoms with van der Waals surface area (Å²) in [4.78, 5) is 0. The molecule has 0 amide bonds. The van der Waals surface area contributed by atoms with Crippen LogP contribution in [0.3, 0.4) is 0 Å². The summed E-state index contributed by atoms with van der Waals surface area (Å²) >= 11 is 6.17. The van der Waals surface area contributed by atoms with Crippen molar-refractivity contribution < 1.29 is 5.11 Å². The van der Waals surface area contributed by atoms with Crippen molar-refractivity contribution in [1.29, 1.82) is 0 Å². The minimum Gasteiger partial charge on any atom is -0.394 e. The molecule has 1 aromatic rings. The zero-order valence-electron chi connectivity index (χ0n) is 9.54. The number of benzene rings is 1. The van der Waals surface area contributed by atoms with Gasteiger partial charge in [0.1, 0.15) is 0 Å². The second kappa shape index (κ2) is 4.74. The molecule has 0 aromatic heterocycles. The Hall–Kier alpha value is -0.570. The van der Waals surface area contributed by atoms with E-state index in [0.717, 1.165) is 18.0 Å². The summed E-state index contributed by atoms with van der Waals surface area (Å²) in [6, 6.07) is 7.69. The van der Waals surface area contributed by atoms with E-state index in [1.807, 2.05) is 31.2 Å². The fourth-order valence-corrected chi connectivity index (χ4v) is 2.18. The van der Waals surface area contributed by atoms with E-state index in [-0.39, 0.29) is 6.61 Å². The minimum absolute atomic E-state index is 0.0590. The molecule has 1 atom stereocenters. The lowest BCUT2D eigenvalue weighted by Gasteiger charge is -2.30. The first-order valence-corrected chi connectivity index (χ1v) is 6.14. The third kappa shape index (κ3) is 2.57. The number of aliphatic hydroxyl groups excluding tert-OH is 1. The van der Waals surface area contributed by atoms with Crippen LogP contribution in [0, 0.1) is 5.92 Å². The molecule has 88 valence electrons. The normalized spacial score (nSPS) is 19.4. The van der Waals surface area contributed by atoms with Crippen LogP contribution in [0.15, 0.2) is 24.3 Å². The summed E-state index contributed by atoms with van der Waals surface area (Å²) < 4.78 is 0. The van der Waals surface area contributed by atoms with Crippen LogP contribution >= 0.6 is 11.6 Å². The van der Waals surface area contributed by atoms with Crippen molar-refractivity contribution >= 4 is 11.6 Å². The Labute approximate surface area is 102 Å². The van der Waals surface area contributed by atoms with E-state index >= 15 is 0 Å². The van der Waals surface area contributed by atoms with E-state index in [1.165, 1.54) is 12.8 Å². The molecule has 0 radical (unpaired) electrons. The van der Waals surface area contributed by atoms with Crippen molar-refractivity contribution in [3.63, 3.8) is 0 Å². The summed E-state index contributed by atoms with van der Waals surface area (Å²) in [5, 5.41) is 13.7. The molecule has 0 aliphatic heterocycles. The van der Waals surface area contributed by atoms with Gasteiger partial charge in [-0.05, 0) is 43.9 Å². The average Bonchev–Trinajstić information content (AvgIpc) is 3.10. The highest BCUT2D eigenvalue weighted by Crippen LogP contribution is 2.31. The van der Waals surface area contributed by atoms with E-state index in [1.54, 1.807) is 0 Å². The van der Waals surface area contributed by atoms with Gasteiger partial charge in [-0.1, -0.05) is 29.8 Å². The molecule has 0 spiro atoms. The van der Waals surface area contributed by atoms with Crippen molar-refractivity contribution in [3.8, 4) is 0 Å². The van der Waals surface area contributed by atoms with Gasteiger partial charge in [0.2, 0.25) is 0 Å². The van der Waals surface area contributed by atoms with Crippen LogP contribution in [0.4, 0.5) is 0 Å². The van der Waals surface area contributed by atoms with Crippen LogP contribution in [-0.2, 0) is 5.54 Å². The SMILES string of the molecule is CC(CO)(NCC1CC1)c1ccccc1Cl. The first-order chi connectivity index (χ1) is 7.65. The van der Waals surface area contributed by atoms with Crippen molar-refractivity contribution in [2.45, 2.75) is 25.3 Å². The van der Waals surface area contributed by atoms with Gasteiger partial charge >= 0.3 is 0 Å². The van der Waals surface area contributed by atoms with Crippen molar-refractivity contribution in [2.75, 3.05) is 13.2 Å². The Morgan fingerprint density at radius 2 is 2.12 bits per heavy atom. The molecule has 1 aliphatic rings. The first kappa shape index (κ1) is 11.9. The average molecular weight is 240 g/mol. The molecule has 1 unspecified atom stereocenters. The molecule has 2 rings (SSSR count). The Morgan fingerprint density at radius 3 is 2.69 bits per heavy atom. The van der Waals surface area contributed by atoms with Gasteiger partial charge in [0.05, 0.1) is 12.1 Å². The number of aliphatic hydroxyl groups is 1. The zero-order valence-corrected chi connectivity index (χ0v) is 10.3. The predicted molar refractivity (Wildman–Crippen MR) is 66.6 cm³/mol. The molecule has 1 aliphatic carbocycles. The smallest absolute Gasteiger partial charge is 0.0655 e. The molecule has 0 bridgehead atoms. The van der Waals surface area contributed by atoms with Crippen LogP contribution in [0.25, 0.3) is 0 Å². The van der Waals surface area contributed by atoms with Gasteiger partial charge in [-0.3, -0.25) is 0 Å². The molecule has 1 saturated carbocycles. The van der Waals surface area contributed by atoms with E-state index in [9.17, 15) is 5.11 Å². The molecular weight excluding hydrogens is 222 g/mol. The fraction of sp³-hybridized carbons (Fsp3) is 0.538. The van der Waals surface area contributed by atoms with Crippen molar-refractivity contribution in [2.24, 2.45) is 5.92 Å². The standard InChI is InChI=1S/C13H18ClNO/c1-13(9-16,15-8-10-6-7-10)11-4-2-3-5-12(11)14/h2-5,10,15-16H,6-9H2,1H3. The highest BCUT2D eigenvalue weighted by Gasteiger charge is 2.30. The van der Waals surface area contributed by atoms with Crippen molar-refractivity contribution in [1.82, 2.24) is 5.32 Å². The summed E-state index contributed by atoms with van der Waals surface area (Å²) in [6.07, 6.45) is 2.61. The summed E-state index contributed by atoms with van der Waals surface area (Å²) in [7, 11) is 0. The Morgan fingerprint density at radius 1 is 1.44 bits per heavy atom. The number of nitrogens with one attached hydrogen (secondary N) is 1. The molecule has 2 nitrogen and oxygen atoms in total. The third-order valence-corrected chi connectivity index (χ3v) is 3.59. The van der Waals surface area contributed by atoms with Crippen LogP contribution in [0.5, 0.6) is 0 Å². The van der Waals surface area contributed by atoms with Crippen LogP contribution in [0.2, 0.25) is 5.02 Å². The lowest BCUT2D eigenvalue weighted by atomic mass is 9.92.